The van der Waals surface area contributed by atoms with E-state index in [-0.39, 0.29) is 55.3 Å². The molecule has 3 fully saturated rings. The Morgan fingerprint density at radius 2 is 1.94 bits per heavy atom. The lowest BCUT2D eigenvalue weighted by Crippen LogP contribution is -2.72. The first kappa shape index (κ1) is 22.5. The molecule has 2 atom stereocenters. The van der Waals surface area contributed by atoms with Crippen molar-refractivity contribution in [2.75, 3.05) is 33.0 Å². The third-order valence-electron chi connectivity index (χ3n) is 7.54. The van der Waals surface area contributed by atoms with Gasteiger partial charge in [0.1, 0.15) is 12.4 Å². The molecule has 1 aromatic carbocycles. The highest BCUT2D eigenvalue weighted by Gasteiger charge is 2.49. The second-order valence-corrected chi connectivity index (χ2v) is 9.61. The second-order valence-electron chi connectivity index (χ2n) is 9.61. The molecule has 2 amide bonds. The maximum Gasteiger partial charge on any atom is 0.246 e. The van der Waals surface area contributed by atoms with Crippen molar-refractivity contribution in [3.05, 3.63) is 29.3 Å². The van der Waals surface area contributed by atoms with Gasteiger partial charge in [-0.1, -0.05) is 0 Å². The van der Waals surface area contributed by atoms with Gasteiger partial charge in [0.2, 0.25) is 11.8 Å². The Hall–Kier alpha value is -2.26. The maximum atomic E-state index is 14.6. The van der Waals surface area contributed by atoms with Crippen molar-refractivity contribution in [1.29, 1.82) is 0 Å². The van der Waals surface area contributed by atoms with Crippen LogP contribution in [0.25, 0.3) is 0 Å². The minimum absolute atomic E-state index is 0.0103. The zero-order chi connectivity index (χ0) is 23.0. The molecule has 1 N–H and O–H groups in total. The summed E-state index contributed by atoms with van der Waals surface area (Å²) >= 11 is 0. The zero-order valence-corrected chi connectivity index (χ0v) is 18.6. The van der Waals surface area contributed by atoms with Crippen LogP contribution < -0.4 is 10.1 Å². The quantitative estimate of drug-likeness (QED) is 0.639. The van der Waals surface area contributed by atoms with E-state index in [1.807, 2.05) is 0 Å². The molecule has 2 saturated heterocycles. The number of nitrogens with zero attached hydrogens (tertiary/aromatic N) is 1. The van der Waals surface area contributed by atoms with Crippen LogP contribution in [0.4, 0.5) is 8.78 Å². The Morgan fingerprint density at radius 3 is 2.73 bits per heavy atom. The van der Waals surface area contributed by atoms with Gasteiger partial charge in [-0.05, 0) is 50.5 Å². The maximum absolute atomic E-state index is 14.6. The molecule has 0 unspecified atom stereocenters. The molecule has 33 heavy (non-hydrogen) atoms. The lowest BCUT2D eigenvalue weighted by atomic mass is 9.80. The fraction of sp³-hybridized carbons (Fsp3) is 0.667. The highest BCUT2D eigenvalue weighted by Crippen LogP contribution is 2.41. The molecule has 0 radical (unpaired) electrons. The van der Waals surface area contributed by atoms with Gasteiger partial charge in [0.25, 0.3) is 0 Å². The van der Waals surface area contributed by atoms with Gasteiger partial charge >= 0.3 is 0 Å². The standard InChI is InChI=1S/C24H30F2N2O5/c25-16-10-18-15-2-4-17(5-3-15)33-12-20-24(14-31-13-21(29)27-24)7-1-8-28(20)22(30)6-9-32-23(18)19(26)11-16/h10-11,15,17,20H,1-9,12-14H2,(H,27,29)/t15?,17?,20-,24+/m0/s1. The van der Waals surface area contributed by atoms with Crippen LogP contribution in [0.3, 0.4) is 0 Å². The number of amides is 2. The zero-order valence-electron chi connectivity index (χ0n) is 18.6. The summed E-state index contributed by atoms with van der Waals surface area (Å²) in [7, 11) is 0. The Bertz CT molecular complexity index is 916. The van der Waals surface area contributed by atoms with Gasteiger partial charge < -0.3 is 24.4 Å². The normalized spacial score (nSPS) is 33.0. The molecule has 1 aromatic rings. The van der Waals surface area contributed by atoms with Gasteiger partial charge in [-0.25, -0.2) is 8.78 Å². The molecule has 1 aliphatic carbocycles. The number of hydrogen-bond acceptors (Lipinski definition) is 5. The molecule has 180 valence electrons. The summed E-state index contributed by atoms with van der Waals surface area (Å²) in [5.41, 5.74) is -0.137. The summed E-state index contributed by atoms with van der Waals surface area (Å²) in [5, 5.41) is 3.10. The van der Waals surface area contributed by atoms with Crippen LogP contribution in [-0.2, 0) is 19.1 Å². The number of ether oxygens (including phenoxy) is 3. The second kappa shape index (κ2) is 9.18. The van der Waals surface area contributed by atoms with Crippen molar-refractivity contribution < 1.29 is 32.6 Å². The number of benzene rings is 1. The molecule has 5 aliphatic rings. The van der Waals surface area contributed by atoms with Crippen molar-refractivity contribution in [3.8, 4) is 5.75 Å². The highest BCUT2D eigenvalue weighted by molar-refractivity contribution is 5.80. The lowest BCUT2D eigenvalue weighted by molar-refractivity contribution is -0.155. The Morgan fingerprint density at radius 1 is 1.12 bits per heavy atom. The number of carbonyl (C=O) groups is 2. The molecule has 2 bridgehead atoms. The summed E-state index contributed by atoms with van der Waals surface area (Å²) in [6, 6.07) is 1.84. The summed E-state index contributed by atoms with van der Waals surface area (Å²) in [6.07, 6.45) is 4.45. The Labute approximate surface area is 191 Å². The number of morpholine rings is 1. The fourth-order valence-corrected chi connectivity index (χ4v) is 5.91. The predicted molar refractivity (Wildman–Crippen MR) is 114 cm³/mol. The first-order chi connectivity index (χ1) is 15.9. The lowest BCUT2D eigenvalue weighted by Gasteiger charge is -2.51. The van der Waals surface area contributed by atoms with Crippen molar-refractivity contribution in [1.82, 2.24) is 10.2 Å². The minimum Gasteiger partial charge on any atom is -0.490 e. The number of rotatable bonds is 0. The predicted octanol–water partition coefficient (Wildman–Crippen LogP) is 2.67. The highest BCUT2D eigenvalue weighted by atomic mass is 19.1. The number of carbonyl (C=O) groups excluding carboxylic acids is 2. The molecule has 0 aromatic heterocycles. The summed E-state index contributed by atoms with van der Waals surface area (Å²) in [6.45, 7) is 1.21. The number of fused-ring (bicyclic) bond motifs is 6. The van der Waals surface area contributed by atoms with Crippen LogP contribution in [0.2, 0.25) is 0 Å². The third kappa shape index (κ3) is 4.45. The van der Waals surface area contributed by atoms with Gasteiger partial charge in [-0.15, -0.1) is 0 Å². The van der Waals surface area contributed by atoms with E-state index in [1.54, 1.807) is 4.90 Å². The topological polar surface area (TPSA) is 77.1 Å². The molecule has 1 spiro atoms. The summed E-state index contributed by atoms with van der Waals surface area (Å²) in [4.78, 5) is 27.2. The van der Waals surface area contributed by atoms with Gasteiger partial charge in [-0.2, -0.15) is 0 Å². The monoisotopic (exact) mass is 464 g/mol. The van der Waals surface area contributed by atoms with E-state index in [0.29, 0.717) is 31.7 Å². The number of halogens is 2. The number of nitrogens with one attached hydrogen (secondary N) is 1. The molecular weight excluding hydrogens is 434 g/mol. The molecule has 7 nitrogen and oxygen atoms in total. The average molecular weight is 465 g/mol. The first-order valence-corrected chi connectivity index (χ1v) is 11.9. The van der Waals surface area contributed by atoms with E-state index in [2.05, 4.69) is 5.32 Å². The van der Waals surface area contributed by atoms with Crippen LogP contribution in [0, 0.1) is 11.6 Å². The van der Waals surface area contributed by atoms with E-state index >= 15 is 0 Å². The Kier molecular flexibility index (Phi) is 6.26. The Balaban J connectivity index is 1.44. The smallest absolute Gasteiger partial charge is 0.246 e. The van der Waals surface area contributed by atoms with Gasteiger partial charge in [0, 0.05) is 18.2 Å². The molecule has 4 heterocycles. The average Bonchev–Trinajstić information content (AvgIpc) is 2.79. The SMILES string of the molecule is O=C1COC[C@@]2(CCCN3C(=O)CCOc4c(F)cc(F)cc4C4CCC(CC4)OC[C@H]32)N1. The number of hydrogen-bond donors (Lipinski definition) is 1. The molecular formula is C24H30F2N2O5. The van der Waals surface area contributed by atoms with Crippen LogP contribution in [0.5, 0.6) is 5.75 Å². The molecule has 1 saturated carbocycles. The van der Waals surface area contributed by atoms with Crippen LogP contribution >= 0.6 is 0 Å². The van der Waals surface area contributed by atoms with Gasteiger partial charge in [-0.3, -0.25) is 9.59 Å². The van der Waals surface area contributed by atoms with E-state index in [4.69, 9.17) is 14.2 Å². The van der Waals surface area contributed by atoms with Crippen LogP contribution in [0.1, 0.15) is 56.4 Å². The number of piperidine rings is 1. The molecule has 4 aliphatic heterocycles. The van der Waals surface area contributed by atoms with Crippen molar-refractivity contribution in [2.24, 2.45) is 0 Å². The van der Waals surface area contributed by atoms with E-state index in [0.717, 1.165) is 38.2 Å². The first-order valence-electron chi connectivity index (χ1n) is 11.9. The summed E-state index contributed by atoms with van der Waals surface area (Å²) < 4.78 is 46.3. The van der Waals surface area contributed by atoms with E-state index in [1.165, 1.54) is 6.07 Å². The van der Waals surface area contributed by atoms with Crippen molar-refractivity contribution in [2.45, 2.75) is 68.5 Å². The van der Waals surface area contributed by atoms with Crippen molar-refractivity contribution in [3.63, 3.8) is 0 Å². The largest absolute Gasteiger partial charge is 0.490 e. The molecule has 6 rings (SSSR count). The van der Waals surface area contributed by atoms with Crippen LogP contribution in [-0.4, -0.2) is 67.4 Å². The van der Waals surface area contributed by atoms with Crippen molar-refractivity contribution >= 4 is 11.8 Å². The van der Waals surface area contributed by atoms with Gasteiger partial charge in [0.15, 0.2) is 11.6 Å². The minimum atomic E-state index is -0.736. The summed E-state index contributed by atoms with van der Waals surface area (Å²) in [5.74, 6) is -1.66. The van der Waals surface area contributed by atoms with E-state index < -0.39 is 17.2 Å². The third-order valence-corrected chi connectivity index (χ3v) is 7.54. The van der Waals surface area contributed by atoms with Crippen LogP contribution in [0.15, 0.2) is 12.1 Å². The van der Waals surface area contributed by atoms with Gasteiger partial charge in [0.05, 0.1) is 43.9 Å². The molecule has 9 heteroatoms. The van der Waals surface area contributed by atoms with E-state index in [9.17, 15) is 18.4 Å². The fourth-order valence-electron chi connectivity index (χ4n) is 5.91.